The molecule has 0 radical (unpaired) electrons. The molecule has 28 heavy (non-hydrogen) atoms. The van der Waals surface area contributed by atoms with Gasteiger partial charge in [-0.15, -0.1) is 0 Å². The molecule has 0 saturated carbocycles. The molecule has 0 bridgehead atoms. The minimum atomic E-state index is -0.895. The average molecular weight is 380 g/mol. The predicted octanol–water partition coefficient (Wildman–Crippen LogP) is 5.38. The quantitative estimate of drug-likeness (QED) is 0.425. The second-order valence-corrected chi connectivity index (χ2v) is 6.73. The summed E-state index contributed by atoms with van der Waals surface area (Å²) in [6.07, 6.45) is 3.88. The van der Waals surface area contributed by atoms with E-state index in [9.17, 15) is 8.78 Å². The lowest BCUT2D eigenvalue weighted by Gasteiger charge is -2.12. The molecule has 144 valence electrons. The lowest BCUT2D eigenvalue weighted by atomic mass is 9.97. The van der Waals surface area contributed by atoms with Gasteiger partial charge in [0.15, 0.2) is 11.6 Å². The van der Waals surface area contributed by atoms with E-state index in [4.69, 9.17) is 4.74 Å². The van der Waals surface area contributed by atoms with Gasteiger partial charge in [-0.1, -0.05) is 37.0 Å². The van der Waals surface area contributed by atoms with Crippen molar-refractivity contribution in [2.75, 3.05) is 7.11 Å². The summed E-state index contributed by atoms with van der Waals surface area (Å²) < 4.78 is 32.3. The van der Waals surface area contributed by atoms with E-state index in [0.717, 1.165) is 42.1 Å². The maximum Gasteiger partial charge on any atom is 0.161 e. The van der Waals surface area contributed by atoms with Gasteiger partial charge in [0.25, 0.3) is 0 Å². The van der Waals surface area contributed by atoms with Crippen LogP contribution in [0.3, 0.4) is 0 Å². The summed E-state index contributed by atoms with van der Waals surface area (Å²) in [5, 5.41) is 0.563. The van der Waals surface area contributed by atoms with Gasteiger partial charge >= 0.3 is 0 Å². The first kappa shape index (κ1) is 19.9. The number of ether oxygens (including phenoxy) is 1. The van der Waals surface area contributed by atoms with E-state index >= 15 is 0 Å². The molecule has 0 aliphatic rings. The van der Waals surface area contributed by atoms with Crippen LogP contribution in [0.1, 0.15) is 48.9 Å². The second-order valence-electron chi connectivity index (χ2n) is 6.73. The minimum Gasteiger partial charge on any atom is -0.380 e. The Kier molecular flexibility index (Phi) is 6.67. The third kappa shape index (κ3) is 4.71. The van der Waals surface area contributed by atoms with Crippen LogP contribution in [0.15, 0.2) is 42.7 Å². The number of fused-ring (bicyclic) bond motifs is 1. The zero-order valence-electron chi connectivity index (χ0n) is 16.0. The van der Waals surface area contributed by atoms with Crippen molar-refractivity contribution in [1.82, 2.24) is 9.97 Å². The van der Waals surface area contributed by atoms with Crippen LogP contribution in [0.25, 0.3) is 10.9 Å². The fraction of sp³-hybridized carbons (Fsp3) is 0.304. The molecule has 0 N–H and O–H groups in total. The van der Waals surface area contributed by atoms with Gasteiger partial charge in [0.05, 0.1) is 17.8 Å². The van der Waals surface area contributed by atoms with Crippen molar-refractivity contribution in [2.45, 2.75) is 38.7 Å². The first-order valence-corrected chi connectivity index (χ1v) is 9.25. The topological polar surface area (TPSA) is 35.0 Å². The van der Waals surface area contributed by atoms with E-state index in [1.54, 1.807) is 7.11 Å². The molecule has 0 saturated heterocycles. The number of hydrogen-bond donors (Lipinski definition) is 0. The van der Waals surface area contributed by atoms with Crippen LogP contribution in [0, 0.1) is 23.5 Å². The molecule has 1 unspecified atom stereocenters. The van der Waals surface area contributed by atoms with E-state index < -0.39 is 11.6 Å². The average Bonchev–Trinajstić information content (AvgIpc) is 2.69. The van der Waals surface area contributed by atoms with Gasteiger partial charge in [0.2, 0.25) is 0 Å². The molecular weight excluding hydrogens is 358 g/mol. The Labute approximate surface area is 163 Å². The van der Waals surface area contributed by atoms with E-state index in [1.807, 2.05) is 31.2 Å². The zero-order chi connectivity index (χ0) is 19.9. The third-order valence-electron chi connectivity index (χ3n) is 4.65. The largest absolute Gasteiger partial charge is 0.380 e. The minimum absolute atomic E-state index is 0.0953. The van der Waals surface area contributed by atoms with Crippen molar-refractivity contribution in [3.63, 3.8) is 0 Å². The molecule has 0 amide bonds. The summed E-state index contributed by atoms with van der Waals surface area (Å²) in [6.45, 7) is 2.57. The molecule has 0 aliphatic heterocycles. The van der Waals surface area contributed by atoms with E-state index in [2.05, 4.69) is 21.8 Å². The summed E-state index contributed by atoms with van der Waals surface area (Å²) >= 11 is 0. The van der Waals surface area contributed by atoms with Gasteiger partial charge in [-0.25, -0.2) is 18.7 Å². The Balaban J connectivity index is 1.64. The fourth-order valence-electron chi connectivity index (χ4n) is 3.18. The summed E-state index contributed by atoms with van der Waals surface area (Å²) in [5.74, 6) is 4.74. The van der Waals surface area contributed by atoms with Crippen LogP contribution in [0.4, 0.5) is 8.78 Å². The van der Waals surface area contributed by atoms with Gasteiger partial charge in [-0.05, 0) is 36.5 Å². The second kappa shape index (κ2) is 9.38. The maximum absolute atomic E-state index is 13.6. The van der Waals surface area contributed by atoms with Crippen molar-refractivity contribution in [1.29, 1.82) is 0 Å². The smallest absolute Gasteiger partial charge is 0.161 e. The summed E-state index contributed by atoms with van der Waals surface area (Å²) in [5.41, 5.74) is 3.22. The monoisotopic (exact) mass is 380 g/mol. The van der Waals surface area contributed by atoms with E-state index in [-0.39, 0.29) is 5.92 Å². The molecule has 3 aromatic rings. The van der Waals surface area contributed by atoms with Crippen molar-refractivity contribution < 1.29 is 13.5 Å². The number of unbranched alkanes of at least 4 members (excludes halogenated alkanes) is 1. The Hall–Kier alpha value is -2.84. The molecule has 1 atom stereocenters. The molecule has 2 aromatic carbocycles. The summed E-state index contributed by atoms with van der Waals surface area (Å²) in [4.78, 5) is 8.35. The Morgan fingerprint density at radius 3 is 2.71 bits per heavy atom. The van der Waals surface area contributed by atoms with Gasteiger partial charge in [0.1, 0.15) is 6.33 Å². The van der Waals surface area contributed by atoms with Crippen molar-refractivity contribution in [3.05, 3.63) is 71.2 Å². The Bertz CT molecular complexity index is 1020. The fourth-order valence-corrected chi connectivity index (χ4v) is 3.18. The maximum atomic E-state index is 13.6. The molecule has 1 aromatic heterocycles. The molecule has 1 heterocycles. The van der Waals surface area contributed by atoms with Gasteiger partial charge in [-0.2, -0.15) is 0 Å². The molecule has 0 spiro atoms. The molecule has 5 heteroatoms. The highest BCUT2D eigenvalue weighted by Gasteiger charge is 2.14. The van der Waals surface area contributed by atoms with Crippen molar-refractivity contribution in [3.8, 4) is 11.8 Å². The van der Waals surface area contributed by atoms with Gasteiger partial charge in [-0.3, -0.25) is 0 Å². The van der Waals surface area contributed by atoms with Crippen LogP contribution in [0.2, 0.25) is 0 Å². The lowest BCUT2D eigenvalue weighted by molar-refractivity contribution is 0.184. The van der Waals surface area contributed by atoms with Crippen LogP contribution in [0.5, 0.6) is 0 Å². The first-order valence-electron chi connectivity index (χ1n) is 9.25. The van der Waals surface area contributed by atoms with Crippen molar-refractivity contribution in [2.24, 2.45) is 0 Å². The highest BCUT2D eigenvalue weighted by molar-refractivity contribution is 5.81. The summed E-state index contributed by atoms with van der Waals surface area (Å²) in [6, 6.07) is 10.2. The van der Waals surface area contributed by atoms with Crippen LogP contribution in [-0.2, 0) is 11.3 Å². The Morgan fingerprint density at radius 1 is 1.11 bits per heavy atom. The number of halogens is 2. The standard InChI is InChI=1S/C23H22F2N2O/c1-16(23-19-12-20(24)21(25)13-22(19)26-15-27-23)8-4-3-5-9-17-10-6-7-11-18(17)14-28-2/h6-7,10-13,15-16H,3-4,8,14H2,1-2H3. The number of methoxy groups -OCH3 is 1. The Morgan fingerprint density at radius 2 is 1.89 bits per heavy atom. The highest BCUT2D eigenvalue weighted by Crippen LogP contribution is 2.27. The SMILES string of the molecule is COCc1ccccc1C#CCCCC(C)c1ncnc2cc(F)c(F)cc12. The molecular formula is C23H22F2N2O. The normalized spacial score (nSPS) is 11.9. The lowest BCUT2D eigenvalue weighted by Crippen LogP contribution is -2.01. The third-order valence-corrected chi connectivity index (χ3v) is 4.65. The number of hydrogen-bond acceptors (Lipinski definition) is 3. The van der Waals surface area contributed by atoms with Crippen molar-refractivity contribution >= 4 is 10.9 Å². The number of nitrogens with zero attached hydrogens (tertiary/aromatic N) is 2. The number of benzene rings is 2. The number of rotatable bonds is 6. The first-order chi connectivity index (χ1) is 13.6. The zero-order valence-corrected chi connectivity index (χ0v) is 16.0. The van der Waals surface area contributed by atoms with E-state index in [0.29, 0.717) is 17.5 Å². The van der Waals surface area contributed by atoms with Gasteiger partial charge < -0.3 is 4.74 Å². The van der Waals surface area contributed by atoms with Gasteiger partial charge in [0, 0.05) is 30.5 Å². The predicted molar refractivity (Wildman–Crippen MR) is 106 cm³/mol. The molecule has 0 aliphatic carbocycles. The van der Waals surface area contributed by atoms with E-state index in [1.165, 1.54) is 12.4 Å². The molecule has 3 nitrogen and oxygen atoms in total. The van der Waals surface area contributed by atoms with Crippen LogP contribution < -0.4 is 0 Å². The summed E-state index contributed by atoms with van der Waals surface area (Å²) in [7, 11) is 1.67. The van der Waals surface area contributed by atoms with Crippen LogP contribution >= 0.6 is 0 Å². The highest BCUT2D eigenvalue weighted by atomic mass is 19.2. The molecule has 0 fully saturated rings. The van der Waals surface area contributed by atoms with Crippen LogP contribution in [-0.4, -0.2) is 17.1 Å². The number of aromatic nitrogens is 2. The molecule has 3 rings (SSSR count).